The van der Waals surface area contributed by atoms with Gasteiger partial charge in [0.05, 0.1) is 36.5 Å². The Morgan fingerprint density at radius 1 is 0.846 bits per heavy atom. The smallest absolute Gasteiger partial charge is 0.345 e. The van der Waals surface area contributed by atoms with Gasteiger partial charge in [0.2, 0.25) is 0 Å². The molecule has 0 spiro atoms. The summed E-state index contributed by atoms with van der Waals surface area (Å²) in [6.45, 7) is 6.01. The number of unbranched alkanes of at least 4 members (excludes halogenated alkanes) is 1. The van der Waals surface area contributed by atoms with Crippen molar-refractivity contribution in [3.63, 3.8) is 0 Å². The molecule has 0 aliphatic rings. The zero-order chi connectivity index (χ0) is 28.2. The maximum absolute atomic E-state index is 12.7. The molecular formula is C30H29ClO8. The third-order valence-electron chi connectivity index (χ3n) is 5.52. The first-order valence-electron chi connectivity index (χ1n) is 12.3. The standard InChI is InChI=1S/C30H29ClO8/c1-4-20-8-11-22(12-9-20)38-30(34)24-14-13-23(19-25(24)31)39-29(33)21-10-15-26(27(18-21)35-3)36-16-6-7-17-37-28(32)5-2/h5,8-15,18-19H,2,4,6-7,16-17H2,1,3H3. The van der Waals surface area contributed by atoms with Crippen LogP contribution in [-0.4, -0.2) is 38.2 Å². The number of ether oxygens (including phenoxy) is 5. The predicted molar refractivity (Wildman–Crippen MR) is 146 cm³/mol. The highest BCUT2D eigenvalue weighted by atomic mass is 35.5. The first-order valence-corrected chi connectivity index (χ1v) is 12.6. The van der Waals surface area contributed by atoms with Crippen LogP contribution in [0.15, 0.2) is 73.3 Å². The van der Waals surface area contributed by atoms with Gasteiger partial charge in [0.15, 0.2) is 11.5 Å². The van der Waals surface area contributed by atoms with Crippen molar-refractivity contribution in [3.05, 3.63) is 95.0 Å². The van der Waals surface area contributed by atoms with Crippen molar-refractivity contribution in [2.45, 2.75) is 26.2 Å². The molecule has 0 bridgehead atoms. The first-order chi connectivity index (χ1) is 18.8. The lowest BCUT2D eigenvalue weighted by molar-refractivity contribution is -0.137. The number of esters is 3. The predicted octanol–water partition coefficient (Wildman–Crippen LogP) is 6.24. The molecule has 3 aromatic carbocycles. The third kappa shape index (κ3) is 8.61. The monoisotopic (exact) mass is 552 g/mol. The number of hydrogen-bond acceptors (Lipinski definition) is 8. The van der Waals surface area contributed by atoms with Gasteiger partial charge in [-0.1, -0.05) is 37.2 Å². The van der Waals surface area contributed by atoms with Crippen LogP contribution in [0.2, 0.25) is 5.02 Å². The summed E-state index contributed by atoms with van der Waals surface area (Å²) in [5.74, 6) is -0.372. The third-order valence-corrected chi connectivity index (χ3v) is 5.83. The molecule has 0 aliphatic heterocycles. The van der Waals surface area contributed by atoms with Crippen LogP contribution in [0.3, 0.4) is 0 Å². The van der Waals surface area contributed by atoms with E-state index in [4.69, 9.17) is 35.3 Å². The van der Waals surface area contributed by atoms with E-state index in [1.54, 1.807) is 24.3 Å². The van der Waals surface area contributed by atoms with Crippen molar-refractivity contribution in [3.8, 4) is 23.0 Å². The first kappa shape index (κ1) is 29.3. The SMILES string of the molecule is C=CC(=O)OCCCCOc1ccc(C(=O)Oc2ccc(C(=O)Oc3ccc(CC)cc3)c(Cl)c2)cc1OC. The van der Waals surface area contributed by atoms with Gasteiger partial charge in [-0.25, -0.2) is 14.4 Å². The number of carbonyl (C=O) groups excluding carboxylic acids is 3. The van der Waals surface area contributed by atoms with E-state index in [-0.39, 0.29) is 28.5 Å². The minimum absolute atomic E-state index is 0.0797. The van der Waals surface area contributed by atoms with E-state index in [1.165, 1.54) is 31.4 Å². The van der Waals surface area contributed by atoms with Gasteiger partial charge in [0, 0.05) is 12.1 Å². The van der Waals surface area contributed by atoms with Gasteiger partial charge in [-0.05, 0) is 67.3 Å². The minimum Gasteiger partial charge on any atom is -0.493 e. The summed E-state index contributed by atoms with van der Waals surface area (Å²) in [4.78, 5) is 36.3. The maximum atomic E-state index is 12.7. The second-order valence-electron chi connectivity index (χ2n) is 8.21. The van der Waals surface area contributed by atoms with E-state index >= 15 is 0 Å². The zero-order valence-corrected chi connectivity index (χ0v) is 22.5. The molecule has 204 valence electrons. The Morgan fingerprint density at radius 2 is 1.54 bits per heavy atom. The Balaban J connectivity index is 1.57. The molecule has 0 amide bonds. The molecule has 0 fully saturated rings. The Morgan fingerprint density at radius 3 is 2.21 bits per heavy atom. The highest BCUT2D eigenvalue weighted by Gasteiger charge is 2.17. The molecule has 0 radical (unpaired) electrons. The van der Waals surface area contributed by atoms with E-state index in [9.17, 15) is 14.4 Å². The Bertz CT molecular complexity index is 1320. The summed E-state index contributed by atoms with van der Waals surface area (Å²) >= 11 is 6.28. The molecule has 0 atom stereocenters. The van der Waals surface area contributed by atoms with Gasteiger partial charge in [0.1, 0.15) is 11.5 Å². The second kappa shape index (κ2) is 14.6. The average molecular weight is 553 g/mol. The topological polar surface area (TPSA) is 97.4 Å². The van der Waals surface area contributed by atoms with Gasteiger partial charge in [-0.3, -0.25) is 0 Å². The van der Waals surface area contributed by atoms with Crippen LogP contribution < -0.4 is 18.9 Å². The van der Waals surface area contributed by atoms with E-state index in [0.717, 1.165) is 18.1 Å². The number of rotatable bonds is 13. The normalized spacial score (nSPS) is 10.3. The van der Waals surface area contributed by atoms with Crippen LogP contribution in [0.5, 0.6) is 23.0 Å². The summed E-state index contributed by atoms with van der Waals surface area (Å²) in [5, 5.41) is 0.0797. The van der Waals surface area contributed by atoms with Crippen molar-refractivity contribution in [2.24, 2.45) is 0 Å². The lowest BCUT2D eigenvalue weighted by atomic mass is 10.1. The van der Waals surface area contributed by atoms with Crippen LogP contribution in [-0.2, 0) is 16.0 Å². The zero-order valence-electron chi connectivity index (χ0n) is 21.7. The molecule has 0 aromatic heterocycles. The largest absolute Gasteiger partial charge is 0.493 e. The number of carbonyl (C=O) groups is 3. The number of benzene rings is 3. The van der Waals surface area contributed by atoms with Crippen molar-refractivity contribution >= 4 is 29.5 Å². The van der Waals surface area contributed by atoms with Crippen LogP contribution in [0.1, 0.15) is 46.0 Å². The number of aryl methyl sites for hydroxylation is 1. The molecule has 0 N–H and O–H groups in total. The number of methoxy groups -OCH3 is 1. The van der Waals surface area contributed by atoms with Crippen molar-refractivity contribution in [2.75, 3.05) is 20.3 Å². The number of halogens is 1. The minimum atomic E-state index is -0.647. The summed E-state index contributed by atoms with van der Waals surface area (Å²) in [6.07, 6.45) is 3.26. The van der Waals surface area contributed by atoms with Gasteiger partial charge in [-0.2, -0.15) is 0 Å². The van der Waals surface area contributed by atoms with Gasteiger partial charge in [0.25, 0.3) is 0 Å². The molecule has 0 saturated heterocycles. The Labute approximate surface area is 232 Å². The lowest BCUT2D eigenvalue weighted by Crippen LogP contribution is -2.11. The van der Waals surface area contributed by atoms with E-state index in [0.29, 0.717) is 36.7 Å². The lowest BCUT2D eigenvalue weighted by Gasteiger charge is -2.12. The molecule has 0 aliphatic carbocycles. The van der Waals surface area contributed by atoms with Crippen LogP contribution in [0, 0.1) is 0 Å². The van der Waals surface area contributed by atoms with Gasteiger partial charge in [-0.15, -0.1) is 0 Å². The molecule has 3 rings (SSSR count). The number of hydrogen-bond donors (Lipinski definition) is 0. The highest BCUT2D eigenvalue weighted by Crippen LogP contribution is 2.30. The Hall–Kier alpha value is -4.30. The summed E-state index contributed by atoms with van der Waals surface area (Å²) in [6, 6.07) is 16.1. The van der Waals surface area contributed by atoms with Gasteiger partial charge < -0.3 is 23.7 Å². The van der Waals surface area contributed by atoms with Crippen LogP contribution in [0.25, 0.3) is 0 Å². The Kier molecular flexibility index (Phi) is 10.9. The van der Waals surface area contributed by atoms with Crippen molar-refractivity contribution < 1.29 is 38.1 Å². The van der Waals surface area contributed by atoms with E-state index in [1.807, 2.05) is 19.1 Å². The van der Waals surface area contributed by atoms with Crippen LogP contribution >= 0.6 is 11.6 Å². The molecule has 9 heteroatoms. The summed E-state index contributed by atoms with van der Waals surface area (Å²) < 4.78 is 26.8. The van der Waals surface area contributed by atoms with Crippen molar-refractivity contribution in [1.29, 1.82) is 0 Å². The highest BCUT2D eigenvalue weighted by molar-refractivity contribution is 6.33. The molecule has 8 nitrogen and oxygen atoms in total. The average Bonchev–Trinajstić information content (AvgIpc) is 2.95. The second-order valence-corrected chi connectivity index (χ2v) is 8.62. The van der Waals surface area contributed by atoms with E-state index < -0.39 is 17.9 Å². The fourth-order valence-electron chi connectivity index (χ4n) is 3.38. The molecular weight excluding hydrogens is 524 g/mol. The summed E-state index contributed by atoms with van der Waals surface area (Å²) in [7, 11) is 1.46. The molecule has 0 unspecified atom stereocenters. The molecule has 0 saturated carbocycles. The molecule has 3 aromatic rings. The van der Waals surface area contributed by atoms with Crippen LogP contribution in [0.4, 0.5) is 0 Å². The van der Waals surface area contributed by atoms with Crippen molar-refractivity contribution in [1.82, 2.24) is 0 Å². The fourth-order valence-corrected chi connectivity index (χ4v) is 3.63. The molecule has 39 heavy (non-hydrogen) atoms. The fraction of sp³-hybridized carbons (Fsp3) is 0.233. The quantitative estimate of drug-likeness (QED) is 0.106. The maximum Gasteiger partial charge on any atom is 0.345 e. The molecule has 0 heterocycles. The van der Waals surface area contributed by atoms with Gasteiger partial charge >= 0.3 is 17.9 Å². The summed E-state index contributed by atoms with van der Waals surface area (Å²) in [5.41, 5.74) is 1.49. The van der Waals surface area contributed by atoms with E-state index in [2.05, 4.69) is 6.58 Å².